The van der Waals surface area contributed by atoms with E-state index in [1.807, 2.05) is 23.1 Å². The molecule has 0 spiro atoms. The van der Waals surface area contributed by atoms with Crippen LogP contribution in [0.25, 0.3) is 11.6 Å². The summed E-state index contributed by atoms with van der Waals surface area (Å²) in [6.07, 6.45) is 2.54. The zero-order valence-corrected chi connectivity index (χ0v) is 12.6. The Balaban J connectivity index is 1.54. The Hall–Kier alpha value is -2.28. The summed E-state index contributed by atoms with van der Waals surface area (Å²) in [6.45, 7) is 3.43. The van der Waals surface area contributed by atoms with E-state index in [0.717, 1.165) is 26.2 Å². The molecule has 7 heteroatoms. The number of aryl methyl sites for hydroxylation is 1. The zero-order valence-electron chi connectivity index (χ0n) is 12.6. The Morgan fingerprint density at radius 3 is 2.77 bits per heavy atom. The number of piperazine rings is 1. The van der Waals surface area contributed by atoms with E-state index in [-0.39, 0.29) is 5.91 Å². The van der Waals surface area contributed by atoms with Crippen LogP contribution in [0.2, 0.25) is 0 Å². The van der Waals surface area contributed by atoms with E-state index >= 15 is 0 Å². The van der Waals surface area contributed by atoms with Gasteiger partial charge in [-0.2, -0.15) is 0 Å². The first-order valence-electron chi connectivity index (χ1n) is 7.42. The number of hydrogen-bond acceptors (Lipinski definition) is 6. The minimum atomic E-state index is 0.144. The maximum absolute atomic E-state index is 12.2. The summed E-state index contributed by atoms with van der Waals surface area (Å²) in [5.74, 6) is 1.01. The molecule has 0 atom stereocenters. The minimum absolute atomic E-state index is 0.144. The third-order valence-corrected chi connectivity index (χ3v) is 3.76. The second kappa shape index (κ2) is 6.65. The number of nitrogens with zero attached hydrogens (tertiary/aromatic N) is 5. The molecule has 0 aromatic carbocycles. The fraction of sp³-hybridized carbons (Fsp3) is 0.467. The third kappa shape index (κ3) is 3.48. The van der Waals surface area contributed by atoms with Gasteiger partial charge < -0.3 is 14.2 Å². The summed E-state index contributed by atoms with van der Waals surface area (Å²) >= 11 is 0. The number of likely N-dealkylation sites (N-methyl/N-ethyl adjacent to an activating group) is 1. The quantitative estimate of drug-likeness (QED) is 0.833. The molecule has 0 aliphatic carbocycles. The lowest BCUT2D eigenvalue weighted by molar-refractivity contribution is -0.132. The van der Waals surface area contributed by atoms with Crippen molar-refractivity contribution in [3.05, 3.63) is 30.3 Å². The van der Waals surface area contributed by atoms with Gasteiger partial charge in [-0.05, 0) is 19.2 Å². The lowest BCUT2D eigenvalue weighted by atomic mass is 10.2. The van der Waals surface area contributed by atoms with Crippen LogP contribution < -0.4 is 0 Å². The smallest absolute Gasteiger partial charge is 0.266 e. The van der Waals surface area contributed by atoms with E-state index in [2.05, 4.69) is 27.1 Å². The first-order valence-corrected chi connectivity index (χ1v) is 7.42. The van der Waals surface area contributed by atoms with Crippen LogP contribution in [0.3, 0.4) is 0 Å². The minimum Gasteiger partial charge on any atom is -0.419 e. The molecule has 1 fully saturated rings. The lowest BCUT2D eigenvalue weighted by Crippen LogP contribution is -2.47. The fourth-order valence-corrected chi connectivity index (χ4v) is 2.38. The molecule has 0 radical (unpaired) electrons. The number of pyridine rings is 1. The largest absolute Gasteiger partial charge is 0.419 e. The average molecular weight is 301 g/mol. The number of hydrogen-bond donors (Lipinski definition) is 0. The molecule has 1 aliphatic heterocycles. The standard InChI is InChI=1S/C15H19N5O2/c1-19-8-10-20(11-9-19)14(21)6-5-13-17-18-15(22-13)12-4-2-3-7-16-12/h2-4,7H,5-6,8-11H2,1H3. The van der Waals surface area contributed by atoms with Gasteiger partial charge in [-0.25, -0.2) is 0 Å². The molecule has 1 aliphatic rings. The maximum Gasteiger partial charge on any atom is 0.266 e. The molecule has 2 aromatic heterocycles. The van der Waals surface area contributed by atoms with Gasteiger partial charge in [-0.3, -0.25) is 9.78 Å². The van der Waals surface area contributed by atoms with Crippen molar-refractivity contribution in [1.82, 2.24) is 25.0 Å². The highest BCUT2D eigenvalue weighted by atomic mass is 16.4. The van der Waals surface area contributed by atoms with E-state index in [1.165, 1.54) is 0 Å². The highest BCUT2D eigenvalue weighted by Gasteiger charge is 2.19. The van der Waals surface area contributed by atoms with Gasteiger partial charge in [0.1, 0.15) is 5.69 Å². The highest BCUT2D eigenvalue weighted by molar-refractivity contribution is 5.76. The third-order valence-electron chi connectivity index (χ3n) is 3.76. The molecule has 3 heterocycles. The summed E-state index contributed by atoms with van der Waals surface area (Å²) in [4.78, 5) is 20.4. The molecule has 7 nitrogen and oxygen atoms in total. The van der Waals surface area contributed by atoms with E-state index in [0.29, 0.717) is 30.3 Å². The summed E-state index contributed by atoms with van der Waals surface area (Å²) in [7, 11) is 2.07. The van der Waals surface area contributed by atoms with Crippen LogP contribution in [0.1, 0.15) is 12.3 Å². The molecule has 0 saturated carbocycles. The van der Waals surface area contributed by atoms with Crippen molar-refractivity contribution in [2.75, 3.05) is 33.2 Å². The van der Waals surface area contributed by atoms with Gasteiger partial charge in [0, 0.05) is 45.2 Å². The molecule has 0 bridgehead atoms. The number of amides is 1. The summed E-state index contributed by atoms with van der Waals surface area (Å²) < 4.78 is 5.56. The SMILES string of the molecule is CN1CCN(C(=O)CCc2nnc(-c3ccccn3)o2)CC1. The van der Waals surface area contributed by atoms with Crippen LogP contribution >= 0.6 is 0 Å². The van der Waals surface area contributed by atoms with Crippen molar-refractivity contribution in [3.8, 4) is 11.6 Å². The first-order chi connectivity index (χ1) is 10.7. The second-order valence-electron chi connectivity index (χ2n) is 5.40. The molecule has 2 aromatic rings. The lowest BCUT2D eigenvalue weighted by Gasteiger charge is -2.32. The molecule has 0 unspecified atom stereocenters. The Kier molecular flexibility index (Phi) is 4.43. The Morgan fingerprint density at radius 2 is 2.05 bits per heavy atom. The molecular weight excluding hydrogens is 282 g/mol. The van der Waals surface area contributed by atoms with Crippen LogP contribution in [-0.4, -0.2) is 64.1 Å². The predicted molar refractivity (Wildman–Crippen MR) is 79.9 cm³/mol. The van der Waals surface area contributed by atoms with Crippen molar-refractivity contribution >= 4 is 5.91 Å². The summed E-state index contributed by atoms with van der Waals surface area (Å²) in [5, 5.41) is 7.96. The van der Waals surface area contributed by atoms with Gasteiger partial charge in [0.05, 0.1) is 0 Å². The molecule has 116 valence electrons. The van der Waals surface area contributed by atoms with Gasteiger partial charge in [0.25, 0.3) is 5.89 Å². The number of carbonyl (C=O) groups is 1. The van der Waals surface area contributed by atoms with Gasteiger partial charge in [0.2, 0.25) is 11.8 Å². The number of rotatable bonds is 4. The van der Waals surface area contributed by atoms with Crippen molar-refractivity contribution in [2.24, 2.45) is 0 Å². The van der Waals surface area contributed by atoms with Crippen LogP contribution in [0.5, 0.6) is 0 Å². The normalized spacial score (nSPS) is 16.0. The average Bonchev–Trinajstić information content (AvgIpc) is 3.03. The Bertz CT molecular complexity index is 620. The molecule has 22 heavy (non-hydrogen) atoms. The molecular formula is C15H19N5O2. The fourth-order valence-electron chi connectivity index (χ4n) is 2.38. The molecule has 0 N–H and O–H groups in total. The van der Waals surface area contributed by atoms with E-state index in [9.17, 15) is 4.79 Å². The number of aromatic nitrogens is 3. The maximum atomic E-state index is 12.2. The van der Waals surface area contributed by atoms with Crippen LogP contribution in [0.15, 0.2) is 28.8 Å². The van der Waals surface area contributed by atoms with Crippen LogP contribution in [0.4, 0.5) is 0 Å². The summed E-state index contributed by atoms with van der Waals surface area (Å²) in [6, 6.07) is 5.51. The van der Waals surface area contributed by atoms with Gasteiger partial charge in [-0.15, -0.1) is 10.2 Å². The predicted octanol–water partition coefficient (Wildman–Crippen LogP) is 0.838. The van der Waals surface area contributed by atoms with Gasteiger partial charge >= 0.3 is 0 Å². The Morgan fingerprint density at radius 1 is 1.23 bits per heavy atom. The van der Waals surface area contributed by atoms with Crippen molar-refractivity contribution in [1.29, 1.82) is 0 Å². The van der Waals surface area contributed by atoms with Crippen molar-refractivity contribution < 1.29 is 9.21 Å². The first kappa shape index (κ1) is 14.6. The molecule has 1 amide bonds. The Labute approximate surface area is 129 Å². The van der Waals surface area contributed by atoms with Crippen molar-refractivity contribution in [3.63, 3.8) is 0 Å². The van der Waals surface area contributed by atoms with E-state index < -0.39 is 0 Å². The highest BCUT2D eigenvalue weighted by Crippen LogP contribution is 2.15. The van der Waals surface area contributed by atoms with E-state index in [4.69, 9.17) is 4.42 Å². The van der Waals surface area contributed by atoms with Gasteiger partial charge in [-0.1, -0.05) is 6.07 Å². The summed E-state index contributed by atoms with van der Waals surface area (Å²) in [5.41, 5.74) is 0.645. The number of carbonyl (C=O) groups excluding carboxylic acids is 1. The van der Waals surface area contributed by atoms with Crippen LogP contribution in [0, 0.1) is 0 Å². The second-order valence-corrected chi connectivity index (χ2v) is 5.40. The monoisotopic (exact) mass is 301 g/mol. The van der Waals surface area contributed by atoms with Crippen molar-refractivity contribution in [2.45, 2.75) is 12.8 Å². The molecule has 3 rings (SSSR count). The molecule has 1 saturated heterocycles. The van der Waals surface area contributed by atoms with Crippen LogP contribution in [-0.2, 0) is 11.2 Å². The topological polar surface area (TPSA) is 75.4 Å². The van der Waals surface area contributed by atoms with E-state index in [1.54, 1.807) is 6.20 Å². The zero-order chi connectivity index (χ0) is 15.4. The van der Waals surface area contributed by atoms with Gasteiger partial charge in [0.15, 0.2) is 0 Å².